The Kier molecular flexibility index (Phi) is 4.97. The number of piperidine rings is 1. The summed E-state index contributed by atoms with van der Waals surface area (Å²) in [5, 5.41) is 6.40. The fraction of sp³-hybridized carbons (Fsp3) is 0.923. The minimum absolute atomic E-state index is 0.174. The summed E-state index contributed by atoms with van der Waals surface area (Å²) in [4.78, 5) is 13.5. The van der Waals surface area contributed by atoms with Gasteiger partial charge in [-0.05, 0) is 20.3 Å². The fourth-order valence-electron chi connectivity index (χ4n) is 2.54. The molecule has 0 aromatic carbocycles. The van der Waals surface area contributed by atoms with Crippen molar-refractivity contribution in [1.29, 1.82) is 0 Å². The maximum absolute atomic E-state index is 11.1. The highest BCUT2D eigenvalue weighted by Gasteiger charge is 2.24. The highest BCUT2D eigenvalue weighted by molar-refractivity contribution is 5.76. The van der Waals surface area contributed by atoms with Crippen molar-refractivity contribution in [2.24, 2.45) is 0 Å². The summed E-state index contributed by atoms with van der Waals surface area (Å²) >= 11 is 0. The van der Waals surface area contributed by atoms with E-state index in [1.54, 1.807) is 0 Å². The molecule has 2 saturated heterocycles. The lowest BCUT2D eigenvalue weighted by Crippen LogP contribution is -2.52. The van der Waals surface area contributed by atoms with Crippen LogP contribution in [0.15, 0.2) is 0 Å². The lowest BCUT2D eigenvalue weighted by molar-refractivity contribution is -0.122. The molecule has 1 amide bonds. The maximum atomic E-state index is 11.1. The van der Waals surface area contributed by atoms with Crippen molar-refractivity contribution in [3.05, 3.63) is 0 Å². The average Bonchev–Trinajstić information content (AvgIpc) is 2.38. The molecule has 2 aliphatic rings. The molecule has 0 saturated carbocycles. The number of rotatable bonds is 4. The summed E-state index contributed by atoms with van der Waals surface area (Å²) in [6, 6.07) is 0.992. The Morgan fingerprint density at radius 3 is 3.06 bits per heavy atom. The quantitative estimate of drug-likeness (QED) is 0.740. The van der Waals surface area contributed by atoms with Crippen LogP contribution < -0.4 is 10.6 Å². The van der Waals surface area contributed by atoms with Crippen molar-refractivity contribution in [3.63, 3.8) is 0 Å². The van der Waals surface area contributed by atoms with Gasteiger partial charge in [0.2, 0.25) is 5.91 Å². The summed E-state index contributed by atoms with van der Waals surface area (Å²) in [6.07, 6.45) is 1.85. The van der Waals surface area contributed by atoms with Crippen molar-refractivity contribution < 1.29 is 9.53 Å². The van der Waals surface area contributed by atoms with E-state index in [4.69, 9.17) is 4.74 Å². The zero-order valence-electron chi connectivity index (χ0n) is 11.4. The fourth-order valence-corrected chi connectivity index (χ4v) is 2.54. The minimum Gasteiger partial charge on any atom is -0.374 e. The van der Waals surface area contributed by atoms with Gasteiger partial charge in [0.15, 0.2) is 0 Å². The molecule has 0 aromatic heterocycles. The van der Waals surface area contributed by atoms with Crippen LogP contribution in [0.25, 0.3) is 0 Å². The highest BCUT2D eigenvalue weighted by atomic mass is 16.5. The first-order chi connectivity index (χ1) is 8.65. The summed E-state index contributed by atoms with van der Waals surface area (Å²) in [5.41, 5.74) is 0. The van der Waals surface area contributed by atoms with Crippen LogP contribution in [0.1, 0.15) is 26.7 Å². The molecule has 18 heavy (non-hydrogen) atoms. The van der Waals surface area contributed by atoms with E-state index < -0.39 is 0 Å². The SMILES string of the molecule is CC(C)N1CCOC(CNC2CCC(=O)NC2)C1. The van der Waals surface area contributed by atoms with E-state index in [1.165, 1.54) is 0 Å². The second-order valence-electron chi connectivity index (χ2n) is 5.53. The van der Waals surface area contributed by atoms with Gasteiger partial charge < -0.3 is 15.4 Å². The summed E-state index contributed by atoms with van der Waals surface area (Å²) in [5.74, 6) is 0.174. The third kappa shape index (κ3) is 3.93. The van der Waals surface area contributed by atoms with Crippen LogP contribution in [0.2, 0.25) is 0 Å². The zero-order chi connectivity index (χ0) is 13.0. The first-order valence-corrected chi connectivity index (χ1v) is 7.01. The Balaban J connectivity index is 1.68. The Morgan fingerprint density at radius 2 is 2.39 bits per heavy atom. The lowest BCUT2D eigenvalue weighted by atomic mass is 10.1. The molecular formula is C13H25N3O2. The largest absolute Gasteiger partial charge is 0.374 e. The van der Waals surface area contributed by atoms with E-state index in [9.17, 15) is 4.79 Å². The lowest BCUT2D eigenvalue weighted by Gasteiger charge is -2.36. The smallest absolute Gasteiger partial charge is 0.220 e. The van der Waals surface area contributed by atoms with Gasteiger partial charge in [-0.2, -0.15) is 0 Å². The van der Waals surface area contributed by atoms with E-state index in [0.717, 1.165) is 39.2 Å². The van der Waals surface area contributed by atoms with Crippen LogP contribution in [-0.4, -0.2) is 61.8 Å². The standard InChI is InChI=1S/C13H25N3O2/c1-10(2)16-5-6-18-12(9-16)8-14-11-3-4-13(17)15-7-11/h10-12,14H,3-9H2,1-2H3,(H,15,17). The number of nitrogens with one attached hydrogen (secondary N) is 2. The highest BCUT2D eigenvalue weighted by Crippen LogP contribution is 2.09. The molecule has 0 spiro atoms. The Labute approximate surface area is 109 Å². The van der Waals surface area contributed by atoms with Crippen LogP contribution in [0.5, 0.6) is 0 Å². The molecular weight excluding hydrogens is 230 g/mol. The van der Waals surface area contributed by atoms with Crippen LogP contribution in [0.3, 0.4) is 0 Å². The first-order valence-electron chi connectivity index (χ1n) is 7.01. The summed E-state index contributed by atoms with van der Waals surface area (Å²) < 4.78 is 5.78. The Hall–Kier alpha value is -0.650. The van der Waals surface area contributed by atoms with Crippen molar-refractivity contribution >= 4 is 5.91 Å². The number of amides is 1. The molecule has 104 valence electrons. The molecule has 0 aliphatic carbocycles. The minimum atomic E-state index is 0.174. The van der Waals surface area contributed by atoms with Gasteiger partial charge >= 0.3 is 0 Å². The van der Waals surface area contributed by atoms with Gasteiger partial charge in [0.05, 0.1) is 12.7 Å². The number of hydrogen-bond acceptors (Lipinski definition) is 4. The number of ether oxygens (including phenoxy) is 1. The van der Waals surface area contributed by atoms with E-state index in [2.05, 4.69) is 29.4 Å². The summed E-state index contributed by atoms with van der Waals surface area (Å²) in [7, 11) is 0. The molecule has 5 heteroatoms. The number of hydrogen-bond donors (Lipinski definition) is 2. The Morgan fingerprint density at radius 1 is 1.56 bits per heavy atom. The predicted octanol–water partition coefficient (Wildman–Crippen LogP) is -0.0362. The predicted molar refractivity (Wildman–Crippen MR) is 70.5 cm³/mol. The first kappa shape index (κ1) is 13.8. The molecule has 5 nitrogen and oxygen atoms in total. The normalized spacial score (nSPS) is 30.5. The van der Waals surface area contributed by atoms with Gasteiger partial charge in [-0.25, -0.2) is 0 Å². The van der Waals surface area contributed by atoms with Gasteiger partial charge in [-0.15, -0.1) is 0 Å². The molecule has 0 aromatic rings. The third-order valence-corrected chi connectivity index (χ3v) is 3.80. The second-order valence-corrected chi connectivity index (χ2v) is 5.53. The average molecular weight is 255 g/mol. The van der Waals surface area contributed by atoms with E-state index in [1.807, 2.05) is 0 Å². The van der Waals surface area contributed by atoms with E-state index in [0.29, 0.717) is 18.5 Å². The van der Waals surface area contributed by atoms with Gasteiger partial charge in [0.1, 0.15) is 0 Å². The molecule has 2 rings (SSSR count). The van der Waals surface area contributed by atoms with Crippen LogP contribution in [0, 0.1) is 0 Å². The number of carbonyl (C=O) groups excluding carboxylic acids is 1. The van der Waals surface area contributed by atoms with E-state index >= 15 is 0 Å². The molecule has 0 bridgehead atoms. The van der Waals surface area contributed by atoms with Crippen LogP contribution in [-0.2, 0) is 9.53 Å². The second kappa shape index (κ2) is 6.50. The van der Waals surface area contributed by atoms with Crippen molar-refractivity contribution in [3.8, 4) is 0 Å². The number of morpholine rings is 1. The molecule has 2 N–H and O–H groups in total. The van der Waals surface area contributed by atoms with Gasteiger partial charge in [-0.1, -0.05) is 0 Å². The van der Waals surface area contributed by atoms with Gasteiger partial charge in [-0.3, -0.25) is 9.69 Å². The van der Waals surface area contributed by atoms with Crippen molar-refractivity contribution in [2.45, 2.75) is 44.9 Å². The van der Waals surface area contributed by atoms with Crippen LogP contribution >= 0.6 is 0 Å². The molecule has 0 radical (unpaired) electrons. The third-order valence-electron chi connectivity index (χ3n) is 3.80. The summed E-state index contributed by atoms with van der Waals surface area (Å²) in [6.45, 7) is 8.95. The molecule has 2 fully saturated rings. The number of carbonyl (C=O) groups is 1. The molecule has 2 heterocycles. The number of nitrogens with zero attached hydrogens (tertiary/aromatic N) is 1. The van der Waals surface area contributed by atoms with Crippen molar-refractivity contribution in [2.75, 3.05) is 32.8 Å². The topological polar surface area (TPSA) is 53.6 Å². The molecule has 2 atom stereocenters. The van der Waals surface area contributed by atoms with Crippen LogP contribution in [0.4, 0.5) is 0 Å². The van der Waals surface area contributed by atoms with Gasteiger partial charge in [0.25, 0.3) is 0 Å². The molecule has 2 unspecified atom stereocenters. The monoisotopic (exact) mass is 255 g/mol. The van der Waals surface area contributed by atoms with Crippen molar-refractivity contribution in [1.82, 2.24) is 15.5 Å². The zero-order valence-corrected chi connectivity index (χ0v) is 11.4. The molecule has 2 aliphatic heterocycles. The maximum Gasteiger partial charge on any atom is 0.220 e. The van der Waals surface area contributed by atoms with Gasteiger partial charge in [0, 0.05) is 44.7 Å². The Bertz CT molecular complexity index is 273. The van der Waals surface area contributed by atoms with E-state index in [-0.39, 0.29) is 12.0 Å².